The van der Waals surface area contributed by atoms with E-state index in [-0.39, 0.29) is 42.2 Å². The van der Waals surface area contributed by atoms with Gasteiger partial charge in [0.25, 0.3) is 5.91 Å². The molecule has 0 aliphatic heterocycles. The van der Waals surface area contributed by atoms with Gasteiger partial charge in [-0.2, -0.15) is 0 Å². The number of hydrogen-bond acceptors (Lipinski definition) is 24. The summed E-state index contributed by atoms with van der Waals surface area (Å²) in [5.41, 5.74) is 17.2. The number of esters is 3. The molecule has 12 saturated carbocycles. The number of imidazole rings is 3. The van der Waals surface area contributed by atoms with Crippen LogP contribution in [0.1, 0.15) is 170 Å². The van der Waals surface area contributed by atoms with E-state index in [9.17, 15) is 38.4 Å². The number of carbonyl (C=O) groups excluding carboxylic acids is 8. The lowest BCUT2D eigenvalue weighted by Crippen LogP contribution is -2.52. The van der Waals surface area contributed by atoms with Crippen molar-refractivity contribution in [3.8, 4) is 0 Å². The lowest BCUT2D eigenvalue weighted by molar-refractivity contribution is -0.124. The summed E-state index contributed by atoms with van der Waals surface area (Å²) in [6.07, 6.45) is 37.6. The van der Waals surface area contributed by atoms with E-state index < -0.39 is 0 Å². The SMILES string of the molecule is CN(C)C(=O)c1ccc2nc(CC(=O)CC3C4CC5CC(C4)CC3C5)sc2c1.COC(=O)c1ccc2nc(CC(=O)CC3C4CC5CC(C4)CC3C5)sc2c1.COC(=O)c1ccc2nc(CC(=O)n3ccnc3)sc2c1.COC(=O)c1ccc2nc(N)sc2c1.NC1C2CC3CC(C2)CC1C3.O=C(n1ccnc1)n1ccnc1. The topological polar surface area (TPSA) is 325 Å². The summed E-state index contributed by atoms with van der Waals surface area (Å²) in [5.74, 6) is 11.8. The normalized spacial score (nSPS) is 25.3. The second-order valence-electron chi connectivity index (χ2n) is 32.6. The average molecular weight is 1600 g/mol. The molecule has 0 radical (unpaired) electrons. The zero-order chi connectivity index (χ0) is 78.7. The van der Waals surface area contributed by atoms with Gasteiger partial charge in [0.1, 0.15) is 45.6 Å². The summed E-state index contributed by atoms with van der Waals surface area (Å²) in [6.45, 7) is 0. The number of rotatable bonds is 14. The first-order chi connectivity index (χ1) is 54.6. The monoisotopic (exact) mass is 1600 g/mol. The standard InChI is InChI=1S/C23H28N2O2S.C22H25NO3S.C14H11N3O3S.C10H17N.C9H8N2O2S.C7H6N4O/c1-25(2)23(27)15-3-4-20-21(10-15)28-22(24-20)12-18(26)11-19-16-6-13-5-14(8-16)9-17(19)7-13;1-26-22(25)14-2-3-19-20(9-14)27-21(23-19)11-17(24)10-18-15-5-12-4-13(7-15)8-16(18)6-12;1-20-14(19)9-2-3-10-11(6-9)21-12(16-10)7-13(18)17-5-4-15-8-17;11-10-8-2-6-1-7(4-8)5-9(10)3-6;1-13-8(12)5-2-3-6-7(4-5)14-9(10)11-6;12-7(10-3-1-8-5-10)11-4-2-9-6-11/h3-4,10,13-14,16-17,19H,5-9,11-12H2,1-2H3;2-3,9,12-13,15-16,18H,4-8,10-11H2,1H3;2-6,8H,7H2,1H3;6-10H,1-5,11H2;2-4H,1H3,(H2,10,11);1-6H. The number of carbonyl (C=O) groups is 8. The van der Waals surface area contributed by atoms with Crippen LogP contribution in [0.2, 0.25) is 0 Å². The number of nitrogen functional groups attached to an aromatic ring is 1. The molecule has 590 valence electrons. The number of ether oxygens (including phenoxy) is 3. The van der Waals surface area contributed by atoms with Crippen molar-refractivity contribution >= 4 is 139 Å². The van der Waals surface area contributed by atoms with E-state index in [1.165, 1.54) is 178 Å². The second kappa shape index (κ2) is 34.6. The number of aromatic nitrogens is 10. The number of anilines is 1. The molecule has 7 heterocycles. The van der Waals surface area contributed by atoms with Crippen LogP contribution in [0.5, 0.6) is 0 Å². The largest absolute Gasteiger partial charge is 0.465 e. The van der Waals surface area contributed by atoms with Crippen molar-refractivity contribution in [2.24, 2.45) is 88.6 Å². The highest BCUT2D eigenvalue weighted by Gasteiger charge is 2.50. The molecule has 113 heavy (non-hydrogen) atoms. The Labute approximate surface area is 670 Å². The molecular weight excluding hydrogens is 1510 g/mol. The number of methoxy groups -OCH3 is 3. The molecular formula is C85H95N13O11S4. The van der Waals surface area contributed by atoms with Crippen LogP contribution in [0, 0.1) is 82.9 Å². The summed E-state index contributed by atoms with van der Waals surface area (Å²) < 4.78 is 21.9. The lowest BCUT2D eigenvalue weighted by Gasteiger charge is -2.54. The Balaban J connectivity index is 0.000000111. The maximum Gasteiger partial charge on any atom is 0.338 e. The van der Waals surface area contributed by atoms with Gasteiger partial charge in [-0.15, -0.1) is 34.0 Å². The zero-order valence-electron chi connectivity index (χ0n) is 64.1. The molecule has 12 fully saturated rings. The van der Waals surface area contributed by atoms with E-state index in [1.54, 1.807) is 116 Å². The van der Waals surface area contributed by atoms with Crippen molar-refractivity contribution in [2.75, 3.05) is 41.2 Å². The molecule has 12 aliphatic rings. The minimum Gasteiger partial charge on any atom is -0.465 e. The maximum absolute atomic E-state index is 12.9. The van der Waals surface area contributed by atoms with Crippen molar-refractivity contribution in [3.05, 3.63) is 166 Å². The molecule has 11 aromatic rings. The number of ketones is 2. The van der Waals surface area contributed by atoms with Gasteiger partial charge in [0.05, 0.1) is 98.1 Å². The number of hydrogen-bond donors (Lipinski definition) is 2. The number of fused-ring (bicyclic) bond motifs is 4. The number of Topliss-reactive ketones (excluding diaryl/α,β-unsaturated/α-hetero) is 2. The minimum atomic E-state index is -0.388. The molecule has 4 aromatic carbocycles. The van der Waals surface area contributed by atoms with Gasteiger partial charge in [-0.1, -0.05) is 11.3 Å². The average Bonchev–Trinajstić information content (AvgIpc) is 1.55. The van der Waals surface area contributed by atoms with Crippen molar-refractivity contribution in [3.63, 3.8) is 0 Å². The van der Waals surface area contributed by atoms with E-state index in [1.807, 2.05) is 30.3 Å². The number of nitrogens with two attached hydrogens (primary N) is 2. The van der Waals surface area contributed by atoms with E-state index in [0.29, 0.717) is 74.7 Å². The molecule has 23 rings (SSSR count). The van der Waals surface area contributed by atoms with Gasteiger partial charge in [-0.3, -0.25) is 32.9 Å². The molecule has 0 spiro atoms. The molecule has 28 heteroatoms. The van der Waals surface area contributed by atoms with Crippen LogP contribution in [0.25, 0.3) is 40.9 Å². The van der Waals surface area contributed by atoms with Gasteiger partial charge in [0.2, 0.25) is 5.91 Å². The third-order valence-corrected chi connectivity index (χ3v) is 28.8. The maximum atomic E-state index is 12.9. The van der Waals surface area contributed by atoms with Gasteiger partial charge in [-0.05, 0) is 252 Å². The predicted octanol–water partition coefficient (Wildman–Crippen LogP) is 15.4. The van der Waals surface area contributed by atoms with Crippen molar-refractivity contribution in [2.45, 2.75) is 134 Å². The number of thiazole rings is 4. The first-order valence-electron chi connectivity index (χ1n) is 39.2. The molecule has 12 aliphatic carbocycles. The smallest absolute Gasteiger partial charge is 0.338 e. The quantitative estimate of drug-likeness (QED) is 0.0754. The van der Waals surface area contributed by atoms with Crippen LogP contribution in [0.4, 0.5) is 9.93 Å². The fraction of sp³-hybridized carbons (Fsp3) is 0.471. The third-order valence-electron chi connectivity index (χ3n) is 24.9. The van der Waals surface area contributed by atoms with Crippen LogP contribution in [-0.2, 0) is 43.1 Å². The van der Waals surface area contributed by atoms with Crippen molar-refractivity contribution in [1.29, 1.82) is 0 Å². The fourth-order valence-electron chi connectivity index (χ4n) is 20.4. The Morgan fingerprint density at radius 1 is 0.416 bits per heavy atom. The second-order valence-corrected chi connectivity index (χ2v) is 37.0. The Kier molecular flexibility index (Phi) is 24.1. The molecule has 0 unspecified atom stereocenters. The van der Waals surface area contributed by atoms with Gasteiger partial charge < -0.3 is 30.6 Å². The van der Waals surface area contributed by atoms with E-state index in [2.05, 4.69) is 44.4 Å². The number of amides is 1. The Hall–Kier alpha value is -9.61. The molecule has 1 amide bonds. The number of benzene rings is 4. The van der Waals surface area contributed by atoms with E-state index >= 15 is 0 Å². The lowest BCUT2D eigenvalue weighted by atomic mass is 9.51. The molecule has 24 nitrogen and oxygen atoms in total. The first kappa shape index (κ1) is 78.7. The molecule has 0 saturated heterocycles. The van der Waals surface area contributed by atoms with Crippen LogP contribution in [0.15, 0.2) is 129 Å². The Bertz CT molecular complexity index is 5160. The van der Waals surface area contributed by atoms with Crippen LogP contribution in [0.3, 0.4) is 0 Å². The van der Waals surface area contributed by atoms with E-state index in [4.69, 9.17) is 16.2 Å². The summed E-state index contributed by atoms with van der Waals surface area (Å²) >= 11 is 5.82. The molecule has 7 aromatic heterocycles. The molecule has 4 N–H and O–H groups in total. The predicted molar refractivity (Wildman–Crippen MR) is 435 cm³/mol. The van der Waals surface area contributed by atoms with Gasteiger partial charge >= 0.3 is 23.9 Å². The van der Waals surface area contributed by atoms with Gasteiger partial charge in [-0.25, -0.2) is 54.1 Å². The summed E-state index contributed by atoms with van der Waals surface area (Å²) in [6, 6.07) is 21.7. The highest BCUT2D eigenvalue weighted by Crippen LogP contribution is 2.59. The highest BCUT2D eigenvalue weighted by atomic mass is 32.1. The van der Waals surface area contributed by atoms with Crippen molar-refractivity contribution in [1.82, 2.24) is 53.5 Å². The molecule has 12 bridgehead atoms. The summed E-state index contributed by atoms with van der Waals surface area (Å²) in [5, 5.41) is 2.95. The summed E-state index contributed by atoms with van der Waals surface area (Å²) in [4.78, 5) is 126. The third kappa shape index (κ3) is 18.3. The van der Waals surface area contributed by atoms with E-state index in [0.717, 1.165) is 135 Å². The van der Waals surface area contributed by atoms with Gasteiger partial charge in [0.15, 0.2) is 5.13 Å². The zero-order valence-corrected chi connectivity index (χ0v) is 67.4. The Morgan fingerprint density at radius 2 is 0.735 bits per heavy atom. The minimum absolute atomic E-state index is 0.00480. The van der Waals surface area contributed by atoms with Crippen LogP contribution < -0.4 is 11.5 Å². The van der Waals surface area contributed by atoms with Gasteiger partial charge in [0, 0.05) is 75.7 Å². The number of nitrogens with zero attached hydrogens (tertiary/aromatic N) is 11. The Morgan fingerprint density at radius 3 is 1.08 bits per heavy atom. The highest BCUT2D eigenvalue weighted by molar-refractivity contribution is 7.22. The van der Waals surface area contributed by atoms with Crippen LogP contribution in [-0.4, -0.2) is 142 Å². The molecule has 0 atom stereocenters. The summed E-state index contributed by atoms with van der Waals surface area (Å²) in [7, 11) is 7.59. The first-order valence-corrected chi connectivity index (χ1v) is 42.5. The van der Waals surface area contributed by atoms with Crippen molar-refractivity contribution < 1.29 is 52.6 Å². The van der Waals surface area contributed by atoms with Crippen LogP contribution >= 0.6 is 45.3 Å². The fourth-order valence-corrected chi connectivity index (χ4v) is 24.3.